The fourth-order valence-corrected chi connectivity index (χ4v) is 3.53. The number of nitrogens with zero attached hydrogens (tertiary/aromatic N) is 2. The molecule has 0 radical (unpaired) electrons. The summed E-state index contributed by atoms with van der Waals surface area (Å²) in [5, 5.41) is 2.69. The average molecular weight is 389 g/mol. The van der Waals surface area contributed by atoms with Crippen molar-refractivity contribution in [2.75, 3.05) is 5.32 Å². The highest BCUT2D eigenvalue weighted by Crippen LogP contribution is 2.24. The van der Waals surface area contributed by atoms with Crippen LogP contribution in [0, 0.1) is 11.6 Å². The molecule has 1 N–H and O–H groups in total. The molecule has 5 nitrogen and oxygen atoms in total. The molecule has 1 unspecified atom stereocenters. The maximum Gasteiger partial charge on any atom is 0.262 e. The van der Waals surface area contributed by atoms with E-state index in [1.165, 1.54) is 4.57 Å². The molecule has 0 fully saturated rings. The first kappa shape index (κ1) is 19.0. The van der Waals surface area contributed by atoms with E-state index in [2.05, 4.69) is 10.3 Å². The molecule has 1 aromatic heterocycles. The Morgan fingerprint density at radius 2 is 2.00 bits per heavy atom. The van der Waals surface area contributed by atoms with E-state index in [1.54, 1.807) is 31.2 Å². The first-order valence-corrected chi connectivity index (χ1v) is 9.20. The number of rotatable bonds is 5. The maximum absolute atomic E-state index is 13.7. The van der Waals surface area contributed by atoms with E-state index in [0.717, 1.165) is 23.9 Å². The minimum absolute atomic E-state index is 0.104. The molecule has 27 heavy (non-hydrogen) atoms. The third-order valence-corrected chi connectivity index (χ3v) is 5.07. The number of hydrogen-bond acceptors (Lipinski definition) is 4. The molecule has 1 amide bonds. The standard InChI is InChI=1S/C19H17F2N3O2S/c1-3-24-18(26)13-6-4-5-7-15(13)23-19(24)27-11(2)17(25)22-16-9-8-12(20)10-14(16)21/h4-11H,3H2,1-2H3,(H,22,25). The maximum atomic E-state index is 13.7. The first-order chi connectivity index (χ1) is 12.9. The highest BCUT2D eigenvalue weighted by atomic mass is 32.2. The lowest BCUT2D eigenvalue weighted by atomic mass is 10.2. The molecular weight excluding hydrogens is 372 g/mol. The van der Waals surface area contributed by atoms with Gasteiger partial charge in [0.1, 0.15) is 11.6 Å². The predicted molar refractivity (Wildman–Crippen MR) is 102 cm³/mol. The summed E-state index contributed by atoms with van der Waals surface area (Å²) < 4.78 is 28.2. The van der Waals surface area contributed by atoms with Crippen LogP contribution < -0.4 is 10.9 Å². The van der Waals surface area contributed by atoms with Gasteiger partial charge in [-0.1, -0.05) is 23.9 Å². The molecule has 140 valence electrons. The van der Waals surface area contributed by atoms with E-state index in [1.807, 2.05) is 6.92 Å². The molecule has 0 spiro atoms. The third kappa shape index (κ3) is 4.00. The molecule has 3 rings (SSSR count). The molecule has 0 saturated carbocycles. The Morgan fingerprint density at radius 3 is 2.70 bits per heavy atom. The number of anilines is 1. The van der Waals surface area contributed by atoms with E-state index >= 15 is 0 Å². The van der Waals surface area contributed by atoms with E-state index in [4.69, 9.17) is 0 Å². The zero-order valence-electron chi connectivity index (χ0n) is 14.7. The van der Waals surface area contributed by atoms with Gasteiger partial charge in [0.25, 0.3) is 5.56 Å². The number of aromatic nitrogens is 2. The number of carbonyl (C=O) groups excluding carboxylic acids is 1. The highest BCUT2D eigenvalue weighted by molar-refractivity contribution is 8.00. The van der Waals surface area contributed by atoms with Gasteiger partial charge in [-0.15, -0.1) is 0 Å². The number of para-hydroxylation sites is 1. The number of fused-ring (bicyclic) bond motifs is 1. The van der Waals surface area contributed by atoms with Crippen LogP contribution in [0.3, 0.4) is 0 Å². The van der Waals surface area contributed by atoms with Crippen molar-refractivity contribution in [3.8, 4) is 0 Å². The smallest absolute Gasteiger partial charge is 0.262 e. The molecule has 3 aromatic rings. The van der Waals surface area contributed by atoms with Crippen molar-refractivity contribution in [2.24, 2.45) is 0 Å². The molecule has 8 heteroatoms. The minimum Gasteiger partial charge on any atom is -0.323 e. The summed E-state index contributed by atoms with van der Waals surface area (Å²) in [7, 11) is 0. The normalized spacial score (nSPS) is 12.1. The van der Waals surface area contributed by atoms with Crippen molar-refractivity contribution >= 4 is 34.3 Å². The van der Waals surface area contributed by atoms with Gasteiger partial charge in [-0.3, -0.25) is 14.2 Å². The van der Waals surface area contributed by atoms with Gasteiger partial charge >= 0.3 is 0 Å². The summed E-state index contributed by atoms with van der Waals surface area (Å²) in [6, 6.07) is 9.93. The Balaban J connectivity index is 1.85. The van der Waals surface area contributed by atoms with Crippen molar-refractivity contribution < 1.29 is 13.6 Å². The second kappa shape index (κ2) is 7.87. The number of benzene rings is 2. The fourth-order valence-electron chi connectivity index (χ4n) is 2.55. The summed E-state index contributed by atoms with van der Waals surface area (Å²) in [4.78, 5) is 29.5. The number of carbonyl (C=O) groups is 1. The van der Waals surface area contributed by atoms with Crippen molar-refractivity contribution in [1.82, 2.24) is 9.55 Å². The Kier molecular flexibility index (Phi) is 5.55. The second-order valence-corrected chi connectivity index (χ2v) is 7.14. The number of amides is 1. The Labute approximate surface area is 158 Å². The monoisotopic (exact) mass is 389 g/mol. The van der Waals surface area contributed by atoms with Gasteiger partial charge < -0.3 is 5.32 Å². The quantitative estimate of drug-likeness (QED) is 0.532. The van der Waals surface area contributed by atoms with Crippen LogP contribution in [0.4, 0.5) is 14.5 Å². The number of hydrogen-bond donors (Lipinski definition) is 1. The molecule has 0 aliphatic rings. The molecule has 2 aromatic carbocycles. The van der Waals surface area contributed by atoms with Gasteiger partial charge in [-0.25, -0.2) is 13.8 Å². The molecule has 0 aliphatic heterocycles. The molecular formula is C19H17F2N3O2S. The largest absolute Gasteiger partial charge is 0.323 e. The topological polar surface area (TPSA) is 64.0 Å². The van der Waals surface area contributed by atoms with Crippen LogP contribution >= 0.6 is 11.8 Å². The summed E-state index contributed by atoms with van der Waals surface area (Å²) >= 11 is 1.10. The van der Waals surface area contributed by atoms with Gasteiger partial charge in [0, 0.05) is 12.6 Å². The lowest BCUT2D eigenvalue weighted by molar-refractivity contribution is -0.115. The predicted octanol–water partition coefficient (Wildman–Crippen LogP) is 3.81. The zero-order chi connectivity index (χ0) is 19.6. The van der Waals surface area contributed by atoms with Crippen LogP contribution in [0.25, 0.3) is 10.9 Å². The molecule has 0 aliphatic carbocycles. The average Bonchev–Trinajstić information content (AvgIpc) is 2.64. The van der Waals surface area contributed by atoms with Crippen molar-refractivity contribution in [2.45, 2.75) is 30.8 Å². The lowest BCUT2D eigenvalue weighted by Crippen LogP contribution is -2.27. The van der Waals surface area contributed by atoms with Gasteiger partial charge in [0.05, 0.1) is 21.8 Å². The third-order valence-electron chi connectivity index (χ3n) is 3.98. The van der Waals surface area contributed by atoms with Crippen LogP contribution in [0.2, 0.25) is 0 Å². The molecule has 1 heterocycles. The van der Waals surface area contributed by atoms with Crippen LogP contribution in [0.5, 0.6) is 0 Å². The Morgan fingerprint density at radius 1 is 1.26 bits per heavy atom. The summed E-state index contributed by atoms with van der Waals surface area (Å²) in [5.74, 6) is -2.05. The minimum atomic E-state index is -0.852. The molecule has 0 bridgehead atoms. The van der Waals surface area contributed by atoms with Crippen molar-refractivity contribution in [3.05, 3.63) is 64.5 Å². The van der Waals surface area contributed by atoms with Crippen LogP contribution in [-0.4, -0.2) is 20.7 Å². The number of halogens is 2. The highest BCUT2D eigenvalue weighted by Gasteiger charge is 2.20. The Hall–Kier alpha value is -2.74. The fraction of sp³-hybridized carbons (Fsp3) is 0.211. The summed E-state index contributed by atoms with van der Waals surface area (Å²) in [6.45, 7) is 3.85. The van der Waals surface area contributed by atoms with E-state index in [0.29, 0.717) is 28.7 Å². The number of nitrogens with one attached hydrogen (secondary N) is 1. The van der Waals surface area contributed by atoms with Crippen molar-refractivity contribution in [3.63, 3.8) is 0 Å². The van der Waals surface area contributed by atoms with Gasteiger partial charge in [-0.2, -0.15) is 0 Å². The van der Waals surface area contributed by atoms with E-state index < -0.39 is 22.8 Å². The van der Waals surface area contributed by atoms with Crippen molar-refractivity contribution in [1.29, 1.82) is 0 Å². The molecule has 1 atom stereocenters. The van der Waals surface area contributed by atoms with E-state index in [9.17, 15) is 18.4 Å². The van der Waals surface area contributed by atoms with Crippen LogP contribution in [-0.2, 0) is 11.3 Å². The summed E-state index contributed by atoms with van der Waals surface area (Å²) in [5.41, 5.74) is 0.267. The summed E-state index contributed by atoms with van der Waals surface area (Å²) in [6.07, 6.45) is 0. The first-order valence-electron chi connectivity index (χ1n) is 8.33. The van der Waals surface area contributed by atoms with Gasteiger partial charge in [0.2, 0.25) is 5.91 Å². The zero-order valence-corrected chi connectivity index (χ0v) is 15.5. The van der Waals surface area contributed by atoms with Gasteiger partial charge in [-0.05, 0) is 38.1 Å². The second-order valence-electron chi connectivity index (χ2n) is 5.83. The SMILES string of the molecule is CCn1c(SC(C)C(=O)Nc2ccc(F)cc2F)nc2ccccc2c1=O. The van der Waals surface area contributed by atoms with Gasteiger partial charge in [0.15, 0.2) is 5.16 Å². The van der Waals surface area contributed by atoms with Crippen LogP contribution in [0.15, 0.2) is 52.4 Å². The molecule has 0 saturated heterocycles. The Bertz CT molecular complexity index is 1070. The lowest BCUT2D eigenvalue weighted by Gasteiger charge is -2.15. The van der Waals surface area contributed by atoms with Crippen LogP contribution in [0.1, 0.15) is 13.8 Å². The van der Waals surface area contributed by atoms with E-state index in [-0.39, 0.29) is 11.2 Å². The number of thioether (sulfide) groups is 1.